The van der Waals surface area contributed by atoms with Crippen molar-refractivity contribution >= 4 is 33.2 Å². The van der Waals surface area contributed by atoms with E-state index in [1.807, 2.05) is 0 Å². The third-order valence-electron chi connectivity index (χ3n) is 2.79. The Morgan fingerprint density at radius 1 is 1.21 bits per heavy atom. The van der Waals surface area contributed by atoms with Crippen LogP contribution in [0.5, 0.6) is 5.75 Å². The molecule has 0 saturated heterocycles. The lowest BCUT2D eigenvalue weighted by Crippen LogP contribution is -2.03. The summed E-state index contributed by atoms with van der Waals surface area (Å²) in [5, 5.41) is 3.72. The summed E-state index contributed by atoms with van der Waals surface area (Å²) < 4.78 is 29.1. The van der Waals surface area contributed by atoms with Crippen molar-refractivity contribution in [1.29, 1.82) is 0 Å². The molecule has 0 bridgehead atoms. The maximum atomic E-state index is 12.8. The van der Waals surface area contributed by atoms with Gasteiger partial charge in [-0.05, 0) is 52.3 Å². The molecule has 0 spiro atoms. The highest BCUT2D eigenvalue weighted by molar-refractivity contribution is 9.11. The molecule has 0 fully saturated rings. The quantitative estimate of drug-likeness (QED) is 0.570. The normalized spacial score (nSPS) is 10.6. The summed E-state index contributed by atoms with van der Waals surface area (Å²) in [6.07, 6.45) is 0. The largest absolute Gasteiger partial charge is 0.485 e. The standard InChI is InChI=1S/C15H10BrFN2O4S/c16-12-6-5-11(24-12)15(20)22-8-14-18-13(19-23-14)7-21-10-3-1-9(17)2-4-10/h1-6H,7-8H2. The van der Waals surface area contributed by atoms with Crippen molar-refractivity contribution in [2.45, 2.75) is 13.2 Å². The number of carbonyl (C=O) groups is 1. The molecule has 24 heavy (non-hydrogen) atoms. The molecule has 0 amide bonds. The fraction of sp³-hybridized carbons (Fsp3) is 0.133. The number of nitrogens with zero attached hydrogens (tertiary/aromatic N) is 2. The van der Waals surface area contributed by atoms with Crippen LogP contribution in [-0.2, 0) is 18.0 Å². The number of benzene rings is 1. The van der Waals surface area contributed by atoms with E-state index in [2.05, 4.69) is 26.1 Å². The molecule has 0 aliphatic rings. The number of hydrogen-bond acceptors (Lipinski definition) is 7. The highest BCUT2D eigenvalue weighted by atomic mass is 79.9. The van der Waals surface area contributed by atoms with Gasteiger partial charge in [-0.15, -0.1) is 11.3 Å². The van der Waals surface area contributed by atoms with E-state index in [1.54, 1.807) is 12.1 Å². The van der Waals surface area contributed by atoms with Gasteiger partial charge in [0.2, 0.25) is 5.82 Å². The summed E-state index contributed by atoms with van der Waals surface area (Å²) >= 11 is 4.55. The predicted molar refractivity (Wildman–Crippen MR) is 86.2 cm³/mol. The minimum atomic E-state index is -0.465. The third kappa shape index (κ3) is 4.39. The van der Waals surface area contributed by atoms with Crippen LogP contribution in [0.1, 0.15) is 21.4 Å². The van der Waals surface area contributed by atoms with Gasteiger partial charge in [0.1, 0.15) is 16.4 Å². The zero-order valence-corrected chi connectivity index (χ0v) is 14.5. The topological polar surface area (TPSA) is 74.5 Å². The zero-order valence-electron chi connectivity index (χ0n) is 12.1. The van der Waals surface area contributed by atoms with Gasteiger partial charge in [0.05, 0.1) is 3.79 Å². The lowest BCUT2D eigenvalue weighted by Gasteiger charge is -2.02. The lowest BCUT2D eigenvalue weighted by atomic mass is 10.3. The molecular formula is C15H10BrFN2O4S. The summed E-state index contributed by atoms with van der Waals surface area (Å²) in [6, 6.07) is 9.00. The van der Waals surface area contributed by atoms with Gasteiger partial charge in [-0.25, -0.2) is 9.18 Å². The third-order valence-corrected chi connectivity index (χ3v) is 4.40. The van der Waals surface area contributed by atoms with Gasteiger partial charge in [-0.3, -0.25) is 0 Å². The van der Waals surface area contributed by atoms with E-state index < -0.39 is 5.97 Å². The second kappa shape index (κ2) is 7.54. The number of ether oxygens (including phenoxy) is 2. The summed E-state index contributed by atoms with van der Waals surface area (Å²) in [5.41, 5.74) is 0. The molecule has 6 nitrogen and oxygen atoms in total. The average Bonchev–Trinajstić information content (AvgIpc) is 3.21. The van der Waals surface area contributed by atoms with E-state index in [1.165, 1.54) is 35.6 Å². The Labute approximate surface area is 148 Å². The van der Waals surface area contributed by atoms with Crippen LogP contribution >= 0.6 is 27.3 Å². The SMILES string of the molecule is O=C(OCc1nc(COc2ccc(F)cc2)no1)c1ccc(Br)s1. The van der Waals surface area contributed by atoms with Crippen molar-refractivity contribution in [2.75, 3.05) is 0 Å². The molecule has 3 aromatic rings. The molecule has 0 aliphatic carbocycles. The van der Waals surface area contributed by atoms with Crippen molar-refractivity contribution in [2.24, 2.45) is 0 Å². The number of esters is 1. The molecule has 2 heterocycles. The molecule has 0 unspecified atom stereocenters. The van der Waals surface area contributed by atoms with E-state index in [0.29, 0.717) is 16.5 Å². The maximum absolute atomic E-state index is 12.8. The smallest absolute Gasteiger partial charge is 0.348 e. The zero-order chi connectivity index (χ0) is 16.9. The molecular weight excluding hydrogens is 403 g/mol. The van der Waals surface area contributed by atoms with Crippen molar-refractivity contribution in [3.63, 3.8) is 0 Å². The van der Waals surface area contributed by atoms with Crippen molar-refractivity contribution in [3.05, 3.63) is 62.6 Å². The van der Waals surface area contributed by atoms with Crippen LogP contribution in [0, 0.1) is 5.82 Å². The maximum Gasteiger partial charge on any atom is 0.348 e. The Bertz CT molecular complexity index is 834. The van der Waals surface area contributed by atoms with Gasteiger partial charge in [-0.1, -0.05) is 5.16 Å². The van der Waals surface area contributed by atoms with E-state index >= 15 is 0 Å². The van der Waals surface area contributed by atoms with Gasteiger partial charge >= 0.3 is 5.97 Å². The van der Waals surface area contributed by atoms with Crippen LogP contribution in [0.25, 0.3) is 0 Å². The second-order valence-corrected chi connectivity index (χ2v) is 6.99. The Balaban J connectivity index is 1.50. The lowest BCUT2D eigenvalue weighted by molar-refractivity contribution is 0.0435. The Hall–Kier alpha value is -2.26. The molecule has 3 rings (SSSR count). The summed E-state index contributed by atoms with van der Waals surface area (Å²) in [5.74, 6) is 0.134. The first-order chi connectivity index (χ1) is 11.6. The molecule has 0 radical (unpaired) electrons. The van der Waals surface area contributed by atoms with E-state index in [4.69, 9.17) is 14.0 Å². The monoisotopic (exact) mass is 412 g/mol. The minimum absolute atomic E-state index is 0.0565. The Kier molecular flexibility index (Phi) is 5.21. The molecule has 0 saturated carbocycles. The van der Waals surface area contributed by atoms with E-state index in [-0.39, 0.29) is 24.9 Å². The highest BCUT2D eigenvalue weighted by Crippen LogP contribution is 2.23. The van der Waals surface area contributed by atoms with Crippen molar-refractivity contribution in [3.8, 4) is 5.75 Å². The van der Waals surface area contributed by atoms with E-state index in [0.717, 1.165) is 3.79 Å². The number of thiophene rings is 1. The van der Waals surface area contributed by atoms with Crippen molar-refractivity contribution in [1.82, 2.24) is 10.1 Å². The number of carbonyl (C=O) groups excluding carboxylic acids is 1. The van der Waals surface area contributed by atoms with Gasteiger partial charge in [-0.2, -0.15) is 4.98 Å². The van der Waals surface area contributed by atoms with Crippen LogP contribution in [-0.4, -0.2) is 16.1 Å². The highest BCUT2D eigenvalue weighted by Gasteiger charge is 2.13. The van der Waals surface area contributed by atoms with E-state index in [9.17, 15) is 9.18 Å². The summed E-state index contributed by atoms with van der Waals surface area (Å²) in [4.78, 5) is 16.3. The van der Waals surface area contributed by atoms with Crippen LogP contribution in [0.3, 0.4) is 0 Å². The summed E-state index contributed by atoms with van der Waals surface area (Å²) in [7, 11) is 0. The molecule has 0 N–H and O–H groups in total. The molecule has 9 heteroatoms. The number of rotatable bonds is 6. The minimum Gasteiger partial charge on any atom is -0.485 e. The first-order valence-corrected chi connectivity index (χ1v) is 8.33. The molecule has 2 aromatic heterocycles. The first kappa shape index (κ1) is 16.6. The molecule has 0 aliphatic heterocycles. The van der Waals surface area contributed by atoms with Crippen LogP contribution < -0.4 is 4.74 Å². The Morgan fingerprint density at radius 3 is 2.71 bits per heavy atom. The fourth-order valence-electron chi connectivity index (χ4n) is 1.71. The number of aromatic nitrogens is 2. The van der Waals surface area contributed by atoms with Crippen LogP contribution in [0.2, 0.25) is 0 Å². The van der Waals surface area contributed by atoms with Gasteiger partial charge in [0.15, 0.2) is 13.2 Å². The van der Waals surface area contributed by atoms with Gasteiger partial charge < -0.3 is 14.0 Å². The average molecular weight is 413 g/mol. The van der Waals surface area contributed by atoms with Gasteiger partial charge in [0, 0.05) is 0 Å². The molecule has 124 valence electrons. The number of hydrogen-bond donors (Lipinski definition) is 0. The second-order valence-electron chi connectivity index (χ2n) is 4.53. The molecule has 1 aromatic carbocycles. The summed E-state index contributed by atoms with van der Waals surface area (Å²) in [6.45, 7) is -0.0706. The molecule has 0 atom stereocenters. The predicted octanol–water partition coefficient (Wildman–Crippen LogP) is 3.97. The van der Waals surface area contributed by atoms with Crippen LogP contribution in [0.4, 0.5) is 4.39 Å². The van der Waals surface area contributed by atoms with Crippen LogP contribution in [0.15, 0.2) is 44.7 Å². The van der Waals surface area contributed by atoms with Gasteiger partial charge in [0.25, 0.3) is 5.89 Å². The number of halogens is 2. The fourth-order valence-corrected chi connectivity index (χ4v) is 2.99. The Morgan fingerprint density at radius 2 is 2.00 bits per heavy atom. The first-order valence-electron chi connectivity index (χ1n) is 6.72. The van der Waals surface area contributed by atoms with Crippen molar-refractivity contribution < 1.29 is 23.2 Å².